The molecule has 0 aliphatic carbocycles. The summed E-state index contributed by atoms with van der Waals surface area (Å²) in [7, 11) is 0. The van der Waals surface area contributed by atoms with E-state index >= 15 is 0 Å². The van der Waals surface area contributed by atoms with Crippen molar-refractivity contribution in [3.63, 3.8) is 0 Å². The van der Waals surface area contributed by atoms with Crippen LogP contribution in [0.5, 0.6) is 0 Å². The van der Waals surface area contributed by atoms with Gasteiger partial charge in [-0.3, -0.25) is 14.5 Å². The van der Waals surface area contributed by atoms with Crippen molar-refractivity contribution < 1.29 is 27.5 Å². The lowest BCUT2D eigenvalue weighted by Gasteiger charge is -2.32. The predicted molar refractivity (Wildman–Crippen MR) is 89.0 cm³/mol. The summed E-state index contributed by atoms with van der Waals surface area (Å²) < 4.78 is 43.4. The molecule has 0 unspecified atom stereocenters. The highest BCUT2D eigenvalue weighted by Gasteiger charge is 2.40. The predicted octanol–water partition coefficient (Wildman–Crippen LogP) is 4.28. The Labute approximate surface area is 146 Å². The van der Waals surface area contributed by atoms with Gasteiger partial charge in [-0.1, -0.05) is 13.8 Å². The monoisotopic (exact) mass is 359 g/mol. The second-order valence-corrected chi connectivity index (χ2v) is 6.54. The second-order valence-electron chi connectivity index (χ2n) is 6.54. The van der Waals surface area contributed by atoms with Crippen molar-refractivity contribution in [2.45, 2.75) is 40.8 Å². The smallest absolute Gasteiger partial charge is 0.361 e. The molecular formula is C18H24F3NO3. The number of anilines is 1. The molecule has 0 aromatic heterocycles. The van der Waals surface area contributed by atoms with Gasteiger partial charge in [-0.2, -0.15) is 13.2 Å². The fourth-order valence-electron chi connectivity index (χ4n) is 2.43. The molecule has 0 spiro atoms. The summed E-state index contributed by atoms with van der Waals surface area (Å²) >= 11 is 0. The largest absolute Gasteiger partial charge is 0.416 e. The third-order valence-corrected chi connectivity index (χ3v) is 3.85. The minimum atomic E-state index is -4.46. The van der Waals surface area contributed by atoms with Gasteiger partial charge in [0.2, 0.25) is 5.91 Å². The molecule has 0 atom stereocenters. The Morgan fingerprint density at radius 2 is 1.64 bits per heavy atom. The normalized spacial score (nSPS) is 12.4. The highest BCUT2D eigenvalue weighted by Crippen LogP contribution is 2.32. The van der Waals surface area contributed by atoms with E-state index in [-0.39, 0.29) is 24.1 Å². The Bertz CT molecular complexity index is 607. The summed E-state index contributed by atoms with van der Waals surface area (Å²) in [5.74, 6) is -1.11. The lowest BCUT2D eigenvalue weighted by atomic mass is 9.81. The number of rotatable bonds is 7. The van der Waals surface area contributed by atoms with Gasteiger partial charge in [-0.15, -0.1) is 0 Å². The summed E-state index contributed by atoms with van der Waals surface area (Å²) in [6.45, 7) is 8.34. The van der Waals surface area contributed by atoms with Crippen LogP contribution in [-0.4, -0.2) is 25.0 Å². The third-order valence-electron chi connectivity index (χ3n) is 3.85. The zero-order chi connectivity index (χ0) is 19.4. The van der Waals surface area contributed by atoms with Crippen LogP contribution in [0, 0.1) is 11.3 Å². The standard InChI is InChI=1S/C18H24F3NO3/c1-6-25-11-22(16(24)17(4,5)15(23)12(2)3)14-9-7-13(8-10-14)18(19,20)21/h7-10,12H,6,11H2,1-5H3. The Morgan fingerprint density at radius 1 is 1.12 bits per heavy atom. The number of halogens is 3. The highest BCUT2D eigenvalue weighted by atomic mass is 19.4. The van der Waals surface area contributed by atoms with E-state index in [2.05, 4.69) is 0 Å². The summed E-state index contributed by atoms with van der Waals surface area (Å²) in [6.07, 6.45) is -4.46. The SMILES string of the molecule is CCOCN(C(=O)C(C)(C)C(=O)C(C)C)c1ccc(C(F)(F)F)cc1. The van der Waals surface area contributed by atoms with Crippen LogP contribution >= 0.6 is 0 Å². The summed E-state index contributed by atoms with van der Waals surface area (Å²) in [4.78, 5) is 26.5. The number of nitrogens with zero attached hydrogens (tertiary/aromatic N) is 1. The fourth-order valence-corrected chi connectivity index (χ4v) is 2.43. The van der Waals surface area contributed by atoms with Crippen molar-refractivity contribution in [2.75, 3.05) is 18.2 Å². The molecule has 0 radical (unpaired) electrons. The number of hydrogen-bond donors (Lipinski definition) is 0. The van der Waals surface area contributed by atoms with Crippen LogP contribution in [0.3, 0.4) is 0 Å². The van der Waals surface area contributed by atoms with Crippen LogP contribution in [-0.2, 0) is 20.5 Å². The average Bonchev–Trinajstić information content (AvgIpc) is 2.53. The van der Waals surface area contributed by atoms with Crippen LogP contribution in [0.2, 0.25) is 0 Å². The van der Waals surface area contributed by atoms with Gasteiger partial charge in [0.25, 0.3) is 0 Å². The molecule has 0 bridgehead atoms. The Morgan fingerprint density at radius 3 is 2.04 bits per heavy atom. The zero-order valence-corrected chi connectivity index (χ0v) is 15.1. The summed E-state index contributed by atoms with van der Waals surface area (Å²) in [5, 5.41) is 0. The molecule has 1 aromatic rings. The number of benzene rings is 1. The molecule has 140 valence electrons. The van der Waals surface area contributed by atoms with Gasteiger partial charge in [-0.05, 0) is 45.0 Å². The highest BCUT2D eigenvalue weighted by molar-refractivity contribution is 6.12. The number of ether oxygens (including phenoxy) is 1. The molecule has 0 fully saturated rings. The Kier molecular flexibility index (Phi) is 6.76. The first-order valence-electron chi connectivity index (χ1n) is 8.04. The molecule has 0 heterocycles. The van der Waals surface area contributed by atoms with Crippen molar-refractivity contribution in [3.05, 3.63) is 29.8 Å². The maximum absolute atomic E-state index is 12.9. The van der Waals surface area contributed by atoms with Gasteiger partial charge in [0.05, 0.1) is 5.56 Å². The van der Waals surface area contributed by atoms with E-state index in [1.54, 1.807) is 20.8 Å². The van der Waals surface area contributed by atoms with Gasteiger partial charge in [0, 0.05) is 18.2 Å². The maximum atomic E-state index is 12.9. The molecule has 4 nitrogen and oxygen atoms in total. The fraction of sp³-hybridized carbons (Fsp3) is 0.556. The molecule has 0 saturated heterocycles. The summed E-state index contributed by atoms with van der Waals surface area (Å²) in [6, 6.07) is 4.21. The number of carbonyl (C=O) groups excluding carboxylic acids is 2. The second kappa shape index (κ2) is 7.99. The molecule has 1 amide bonds. The maximum Gasteiger partial charge on any atom is 0.416 e. The minimum absolute atomic E-state index is 0.143. The van der Waals surface area contributed by atoms with Crippen LogP contribution in [0.25, 0.3) is 0 Å². The molecule has 0 aliphatic rings. The Balaban J connectivity index is 3.20. The van der Waals surface area contributed by atoms with Crippen molar-refractivity contribution >= 4 is 17.4 Å². The van der Waals surface area contributed by atoms with Crippen molar-refractivity contribution in [3.8, 4) is 0 Å². The average molecular weight is 359 g/mol. The van der Waals surface area contributed by atoms with Crippen LogP contribution < -0.4 is 4.90 Å². The summed E-state index contributed by atoms with van der Waals surface area (Å²) in [5.41, 5.74) is -1.87. The van der Waals surface area contributed by atoms with Crippen LogP contribution in [0.15, 0.2) is 24.3 Å². The molecule has 0 aliphatic heterocycles. The van der Waals surface area contributed by atoms with Gasteiger partial charge < -0.3 is 4.74 Å². The first kappa shape index (κ1) is 21.2. The quantitative estimate of drug-likeness (QED) is 0.539. The number of alkyl halides is 3. The number of carbonyl (C=O) groups is 2. The lowest BCUT2D eigenvalue weighted by Crippen LogP contribution is -2.47. The first-order chi connectivity index (χ1) is 11.4. The van der Waals surface area contributed by atoms with Gasteiger partial charge in [0.15, 0.2) is 0 Å². The van der Waals surface area contributed by atoms with E-state index in [9.17, 15) is 22.8 Å². The van der Waals surface area contributed by atoms with Crippen LogP contribution in [0.1, 0.15) is 40.2 Å². The lowest BCUT2D eigenvalue weighted by molar-refractivity contribution is -0.141. The molecule has 1 aromatic carbocycles. The van der Waals surface area contributed by atoms with Crippen molar-refractivity contribution in [1.29, 1.82) is 0 Å². The number of amides is 1. The molecule has 25 heavy (non-hydrogen) atoms. The van der Waals surface area contributed by atoms with E-state index < -0.39 is 23.1 Å². The molecule has 7 heteroatoms. The van der Waals surface area contributed by atoms with Gasteiger partial charge in [0.1, 0.15) is 17.9 Å². The van der Waals surface area contributed by atoms with Crippen LogP contribution in [0.4, 0.5) is 18.9 Å². The molecule has 1 rings (SSSR count). The van der Waals surface area contributed by atoms with Crippen molar-refractivity contribution in [1.82, 2.24) is 0 Å². The molecular weight excluding hydrogens is 335 g/mol. The van der Waals surface area contributed by atoms with Gasteiger partial charge >= 0.3 is 6.18 Å². The zero-order valence-electron chi connectivity index (χ0n) is 15.1. The van der Waals surface area contributed by atoms with E-state index in [1.165, 1.54) is 30.9 Å². The third kappa shape index (κ3) is 5.04. The number of ketones is 1. The van der Waals surface area contributed by atoms with E-state index in [0.717, 1.165) is 12.1 Å². The number of hydrogen-bond acceptors (Lipinski definition) is 3. The molecule has 0 N–H and O–H groups in total. The Hall–Kier alpha value is -1.89. The minimum Gasteiger partial charge on any atom is -0.361 e. The van der Waals surface area contributed by atoms with E-state index in [0.29, 0.717) is 6.61 Å². The molecule has 0 saturated carbocycles. The number of Topliss-reactive ketones (excluding diaryl/α,β-unsaturated/α-hetero) is 1. The van der Waals surface area contributed by atoms with Gasteiger partial charge in [-0.25, -0.2) is 0 Å². The topological polar surface area (TPSA) is 46.6 Å². The van der Waals surface area contributed by atoms with E-state index in [4.69, 9.17) is 4.74 Å². The first-order valence-corrected chi connectivity index (χ1v) is 8.04. The van der Waals surface area contributed by atoms with E-state index in [1.807, 2.05) is 0 Å². The van der Waals surface area contributed by atoms with Crippen molar-refractivity contribution in [2.24, 2.45) is 11.3 Å².